The molecule has 4 rings (SSSR count). The van der Waals surface area contributed by atoms with Crippen LogP contribution >= 0.6 is 0 Å². The normalized spacial score (nSPS) is 32.4. The molecular weight excluding hydrogens is 322 g/mol. The van der Waals surface area contributed by atoms with Gasteiger partial charge in [-0.05, 0) is 26.0 Å². The largest absolute Gasteiger partial charge is 0.495 e. The molecule has 2 saturated heterocycles. The van der Waals surface area contributed by atoms with Crippen molar-refractivity contribution in [2.75, 3.05) is 18.6 Å². The number of ether oxygens (including phenoxy) is 3. The van der Waals surface area contributed by atoms with E-state index in [1.165, 1.54) is 0 Å². The van der Waals surface area contributed by atoms with Crippen molar-refractivity contribution < 1.29 is 23.8 Å². The number of benzene rings is 1. The Balaban J connectivity index is 1.69. The number of amides is 1. The second-order valence-corrected chi connectivity index (χ2v) is 6.98. The van der Waals surface area contributed by atoms with Gasteiger partial charge in [-0.3, -0.25) is 9.59 Å². The Hall–Kier alpha value is -2.34. The fourth-order valence-corrected chi connectivity index (χ4v) is 4.13. The summed E-state index contributed by atoms with van der Waals surface area (Å²) < 4.78 is 16.8. The lowest BCUT2D eigenvalue weighted by Gasteiger charge is -2.23. The third-order valence-corrected chi connectivity index (χ3v) is 5.10. The molecule has 0 saturated carbocycles. The molecule has 1 spiro atoms. The molecule has 25 heavy (non-hydrogen) atoms. The number of esters is 1. The minimum absolute atomic E-state index is 0.123. The molecule has 2 fully saturated rings. The molecule has 2 bridgehead atoms. The standard InChI is InChI=1S/C19H21NO5/c1-11(2)24-18(22)15-14-8-9-19(25-14)10-20(17(21)16(15)19)12-6-4-5-7-13(12)23-3/h4-9,11,14-16H,10H2,1-3H3/t14-,15?,16+,19-/m1/s1. The number of rotatable bonds is 4. The highest BCUT2D eigenvalue weighted by atomic mass is 16.6. The summed E-state index contributed by atoms with van der Waals surface area (Å²) in [5.41, 5.74) is -0.0706. The van der Waals surface area contributed by atoms with E-state index >= 15 is 0 Å². The Labute approximate surface area is 146 Å². The van der Waals surface area contributed by atoms with Crippen molar-refractivity contribution in [1.82, 2.24) is 0 Å². The zero-order chi connectivity index (χ0) is 17.8. The van der Waals surface area contributed by atoms with Crippen LogP contribution in [0.1, 0.15) is 13.8 Å². The highest BCUT2D eigenvalue weighted by molar-refractivity contribution is 6.03. The van der Waals surface area contributed by atoms with Crippen molar-refractivity contribution in [3.8, 4) is 5.75 Å². The van der Waals surface area contributed by atoms with Gasteiger partial charge in [0.25, 0.3) is 0 Å². The van der Waals surface area contributed by atoms with Gasteiger partial charge in [0.05, 0.1) is 37.5 Å². The summed E-state index contributed by atoms with van der Waals surface area (Å²) in [5.74, 6) is -1.03. The summed E-state index contributed by atoms with van der Waals surface area (Å²) in [7, 11) is 1.57. The van der Waals surface area contributed by atoms with Crippen molar-refractivity contribution in [1.29, 1.82) is 0 Å². The lowest BCUT2D eigenvalue weighted by atomic mass is 9.77. The second-order valence-electron chi connectivity index (χ2n) is 6.98. The first kappa shape index (κ1) is 16.1. The summed E-state index contributed by atoms with van der Waals surface area (Å²) >= 11 is 0. The predicted octanol–water partition coefficient (Wildman–Crippen LogP) is 1.93. The van der Waals surface area contributed by atoms with Gasteiger partial charge in [0.1, 0.15) is 17.3 Å². The van der Waals surface area contributed by atoms with Crippen LogP contribution < -0.4 is 9.64 Å². The summed E-state index contributed by atoms with van der Waals surface area (Å²) in [5, 5.41) is 0. The number of anilines is 1. The van der Waals surface area contributed by atoms with Gasteiger partial charge in [0.2, 0.25) is 5.91 Å². The Bertz CT molecular complexity index is 758. The van der Waals surface area contributed by atoms with Crippen LogP contribution in [0.5, 0.6) is 5.75 Å². The number of nitrogens with zero attached hydrogens (tertiary/aromatic N) is 1. The highest BCUT2D eigenvalue weighted by Gasteiger charge is 2.67. The Morgan fingerprint density at radius 3 is 2.84 bits per heavy atom. The third kappa shape index (κ3) is 2.28. The third-order valence-electron chi connectivity index (χ3n) is 5.10. The molecule has 6 nitrogen and oxygen atoms in total. The van der Waals surface area contributed by atoms with Gasteiger partial charge in [-0.2, -0.15) is 0 Å². The molecule has 0 aromatic heterocycles. The number of carbonyl (C=O) groups excluding carboxylic acids is 2. The van der Waals surface area contributed by atoms with E-state index in [1.807, 2.05) is 36.4 Å². The van der Waals surface area contributed by atoms with Gasteiger partial charge in [0, 0.05) is 0 Å². The van der Waals surface area contributed by atoms with Gasteiger partial charge >= 0.3 is 5.97 Å². The SMILES string of the molecule is COc1ccccc1N1C[C@@]23C=C[C@@H](O2)C(C(=O)OC(C)C)[C@H]3C1=O. The predicted molar refractivity (Wildman–Crippen MR) is 90.3 cm³/mol. The summed E-state index contributed by atoms with van der Waals surface area (Å²) in [6, 6.07) is 7.36. The number of methoxy groups -OCH3 is 1. The lowest BCUT2D eigenvalue weighted by Crippen LogP contribution is -2.40. The Morgan fingerprint density at radius 2 is 2.12 bits per heavy atom. The van der Waals surface area contributed by atoms with Crippen molar-refractivity contribution in [2.24, 2.45) is 11.8 Å². The Kier molecular flexibility index (Phi) is 3.61. The van der Waals surface area contributed by atoms with E-state index in [2.05, 4.69) is 0 Å². The fourth-order valence-electron chi connectivity index (χ4n) is 4.13. The molecule has 1 aromatic carbocycles. The molecule has 132 valence electrons. The van der Waals surface area contributed by atoms with Gasteiger partial charge in [-0.1, -0.05) is 24.3 Å². The van der Waals surface area contributed by atoms with Gasteiger partial charge in [-0.25, -0.2) is 0 Å². The average molecular weight is 343 g/mol. The zero-order valence-electron chi connectivity index (χ0n) is 14.5. The minimum atomic E-state index is -0.761. The summed E-state index contributed by atoms with van der Waals surface area (Å²) in [6.07, 6.45) is 3.18. The molecule has 6 heteroatoms. The maximum Gasteiger partial charge on any atom is 0.313 e. The van der Waals surface area contributed by atoms with Gasteiger partial charge < -0.3 is 19.1 Å². The van der Waals surface area contributed by atoms with E-state index < -0.39 is 17.4 Å². The highest BCUT2D eigenvalue weighted by Crippen LogP contribution is 2.53. The number of para-hydroxylation sites is 2. The topological polar surface area (TPSA) is 65.1 Å². The molecule has 1 unspecified atom stereocenters. The first-order valence-electron chi connectivity index (χ1n) is 8.49. The van der Waals surface area contributed by atoms with E-state index in [-0.39, 0.29) is 24.1 Å². The zero-order valence-corrected chi connectivity index (χ0v) is 14.5. The van der Waals surface area contributed by atoms with Crippen LogP contribution in [0, 0.1) is 11.8 Å². The molecule has 1 aromatic rings. The van der Waals surface area contributed by atoms with Crippen molar-refractivity contribution in [2.45, 2.75) is 31.7 Å². The molecule has 1 amide bonds. The molecule has 3 aliphatic heterocycles. The Morgan fingerprint density at radius 1 is 1.36 bits per heavy atom. The molecule has 0 N–H and O–H groups in total. The van der Waals surface area contributed by atoms with Crippen LogP contribution in [0.25, 0.3) is 0 Å². The first-order valence-corrected chi connectivity index (χ1v) is 8.49. The summed E-state index contributed by atoms with van der Waals surface area (Å²) in [6.45, 7) is 3.97. The number of hydrogen-bond donors (Lipinski definition) is 0. The average Bonchev–Trinajstić information content (AvgIpc) is 3.22. The summed E-state index contributed by atoms with van der Waals surface area (Å²) in [4.78, 5) is 27.4. The number of carbonyl (C=O) groups is 2. The molecule has 0 radical (unpaired) electrons. The molecule has 3 aliphatic rings. The molecule has 4 atom stereocenters. The van der Waals surface area contributed by atoms with Crippen molar-refractivity contribution in [3.63, 3.8) is 0 Å². The monoisotopic (exact) mass is 343 g/mol. The second kappa shape index (κ2) is 5.59. The van der Waals surface area contributed by atoms with E-state index in [4.69, 9.17) is 14.2 Å². The van der Waals surface area contributed by atoms with Crippen LogP contribution in [-0.2, 0) is 19.1 Å². The lowest BCUT2D eigenvalue weighted by molar-refractivity contribution is -0.156. The van der Waals surface area contributed by atoms with E-state index in [0.717, 1.165) is 0 Å². The number of hydrogen-bond acceptors (Lipinski definition) is 5. The van der Waals surface area contributed by atoms with Crippen molar-refractivity contribution in [3.05, 3.63) is 36.4 Å². The molecular formula is C19H21NO5. The smallest absolute Gasteiger partial charge is 0.313 e. The fraction of sp³-hybridized carbons (Fsp3) is 0.474. The first-order chi connectivity index (χ1) is 12.0. The van der Waals surface area contributed by atoms with Gasteiger partial charge in [-0.15, -0.1) is 0 Å². The number of fused-ring (bicyclic) bond motifs is 1. The maximum absolute atomic E-state index is 13.2. The quantitative estimate of drug-likeness (QED) is 0.617. The van der Waals surface area contributed by atoms with Crippen LogP contribution in [0.3, 0.4) is 0 Å². The molecule has 0 aliphatic carbocycles. The van der Waals surface area contributed by atoms with E-state index in [1.54, 1.807) is 25.9 Å². The van der Waals surface area contributed by atoms with E-state index in [9.17, 15) is 9.59 Å². The van der Waals surface area contributed by atoms with E-state index in [0.29, 0.717) is 18.0 Å². The minimum Gasteiger partial charge on any atom is -0.495 e. The van der Waals surface area contributed by atoms with Crippen LogP contribution in [0.4, 0.5) is 5.69 Å². The molecule has 3 heterocycles. The van der Waals surface area contributed by atoms with Crippen LogP contribution in [-0.4, -0.2) is 43.3 Å². The van der Waals surface area contributed by atoms with Crippen LogP contribution in [0.15, 0.2) is 36.4 Å². The van der Waals surface area contributed by atoms with Crippen molar-refractivity contribution >= 4 is 17.6 Å². The van der Waals surface area contributed by atoms with Gasteiger partial charge in [0.15, 0.2) is 0 Å². The van der Waals surface area contributed by atoms with Crippen LogP contribution in [0.2, 0.25) is 0 Å². The maximum atomic E-state index is 13.2.